The first kappa shape index (κ1) is 25.8. The number of benzene rings is 1. The summed E-state index contributed by atoms with van der Waals surface area (Å²) in [5.41, 5.74) is 1.65. The first-order chi connectivity index (χ1) is 14.8. The van der Waals surface area contributed by atoms with Crippen molar-refractivity contribution in [3.8, 4) is 17.1 Å². The molecule has 176 valence electrons. The molecule has 0 unspecified atom stereocenters. The van der Waals surface area contributed by atoms with E-state index in [-0.39, 0.29) is 35.2 Å². The van der Waals surface area contributed by atoms with Gasteiger partial charge in [0.05, 0.1) is 22.8 Å². The molecule has 0 saturated carbocycles. The van der Waals surface area contributed by atoms with Crippen molar-refractivity contribution in [1.29, 1.82) is 0 Å². The molecular formula is C20H29ClN6O4S. The lowest BCUT2D eigenvalue weighted by molar-refractivity contribution is 0.341. The van der Waals surface area contributed by atoms with E-state index in [2.05, 4.69) is 25.1 Å². The third-order valence-corrected chi connectivity index (χ3v) is 6.19. The van der Waals surface area contributed by atoms with Crippen LogP contribution < -0.4 is 20.3 Å². The maximum absolute atomic E-state index is 12.8. The highest BCUT2D eigenvalue weighted by Gasteiger charge is 2.20. The van der Waals surface area contributed by atoms with E-state index < -0.39 is 10.0 Å². The zero-order valence-corrected chi connectivity index (χ0v) is 20.2. The summed E-state index contributed by atoms with van der Waals surface area (Å²) in [5, 5.41) is 7.31. The Morgan fingerprint density at radius 3 is 2.62 bits per heavy atom. The number of aryl methyl sites for hydroxylation is 2. The molecule has 32 heavy (non-hydrogen) atoms. The zero-order chi connectivity index (χ0) is 22.6. The lowest BCUT2D eigenvalue weighted by Crippen LogP contribution is -2.30. The van der Waals surface area contributed by atoms with Gasteiger partial charge < -0.3 is 15.0 Å². The molecule has 0 aliphatic carbocycles. The highest BCUT2D eigenvalue weighted by atomic mass is 35.5. The van der Waals surface area contributed by atoms with Crippen LogP contribution in [0.25, 0.3) is 22.4 Å². The molecule has 0 bridgehead atoms. The van der Waals surface area contributed by atoms with Gasteiger partial charge >= 0.3 is 0 Å². The number of hydrogen-bond acceptors (Lipinski definition) is 7. The first-order valence-corrected chi connectivity index (χ1v) is 11.7. The van der Waals surface area contributed by atoms with E-state index >= 15 is 0 Å². The van der Waals surface area contributed by atoms with Gasteiger partial charge in [-0.15, -0.1) is 12.4 Å². The van der Waals surface area contributed by atoms with E-state index in [1.807, 2.05) is 13.8 Å². The molecule has 0 fully saturated rings. The average molecular weight is 485 g/mol. The number of H-pyrrole nitrogens is 1. The predicted molar refractivity (Wildman–Crippen MR) is 126 cm³/mol. The Balaban J connectivity index is 0.00000363. The Morgan fingerprint density at radius 2 is 1.97 bits per heavy atom. The van der Waals surface area contributed by atoms with E-state index in [0.717, 1.165) is 12.1 Å². The fourth-order valence-electron chi connectivity index (χ4n) is 3.32. The van der Waals surface area contributed by atoms with Crippen molar-refractivity contribution in [3.63, 3.8) is 0 Å². The van der Waals surface area contributed by atoms with Crippen molar-refractivity contribution in [2.75, 3.05) is 26.7 Å². The van der Waals surface area contributed by atoms with Crippen LogP contribution in [0.15, 0.2) is 27.9 Å². The minimum absolute atomic E-state index is 0. The van der Waals surface area contributed by atoms with Gasteiger partial charge in [-0.3, -0.25) is 9.48 Å². The summed E-state index contributed by atoms with van der Waals surface area (Å²) in [6.45, 7) is 4.97. The average Bonchev–Trinajstić information content (AvgIpc) is 3.04. The SMILES string of the molecule is CCCc1nn(C)c2c(=O)[nH]c(-c3cc(S(=O)(=O)NCCNC)ccc3OCC)nc12.Cl. The number of nitrogens with one attached hydrogen (secondary N) is 3. The number of halogens is 1. The number of likely N-dealkylation sites (N-methyl/N-ethyl adjacent to an activating group) is 1. The van der Waals surface area contributed by atoms with Gasteiger partial charge in [0.15, 0.2) is 5.52 Å². The van der Waals surface area contributed by atoms with Crippen molar-refractivity contribution in [1.82, 2.24) is 29.8 Å². The van der Waals surface area contributed by atoms with E-state index in [1.165, 1.54) is 16.8 Å². The van der Waals surface area contributed by atoms with Gasteiger partial charge in [-0.05, 0) is 38.6 Å². The molecule has 12 heteroatoms. The van der Waals surface area contributed by atoms with Gasteiger partial charge in [0.1, 0.15) is 17.1 Å². The van der Waals surface area contributed by atoms with E-state index in [4.69, 9.17) is 4.74 Å². The predicted octanol–water partition coefficient (Wildman–Crippen LogP) is 1.59. The van der Waals surface area contributed by atoms with E-state index in [1.54, 1.807) is 20.2 Å². The third-order valence-electron chi connectivity index (χ3n) is 4.73. The molecule has 0 amide bonds. The molecule has 0 atom stereocenters. The molecular weight excluding hydrogens is 456 g/mol. The second kappa shape index (κ2) is 10.9. The molecule has 0 aliphatic rings. The highest BCUT2D eigenvalue weighted by molar-refractivity contribution is 7.89. The van der Waals surface area contributed by atoms with E-state index in [0.29, 0.717) is 41.9 Å². The number of aromatic nitrogens is 4. The molecule has 0 spiro atoms. The second-order valence-electron chi connectivity index (χ2n) is 7.02. The normalized spacial score (nSPS) is 11.5. The fraction of sp³-hybridized carbons (Fsp3) is 0.450. The molecule has 3 rings (SSSR count). The molecule has 1 aromatic carbocycles. The molecule has 2 aromatic heterocycles. The van der Waals surface area contributed by atoms with Gasteiger partial charge in [-0.25, -0.2) is 18.1 Å². The van der Waals surface area contributed by atoms with Crippen LogP contribution in [0.1, 0.15) is 26.0 Å². The van der Waals surface area contributed by atoms with Crippen LogP contribution in [0.2, 0.25) is 0 Å². The molecule has 0 saturated heterocycles. The maximum atomic E-state index is 12.8. The lowest BCUT2D eigenvalue weighted by atomic mass is 10.1. The Hall–Kier alpha value is -2.47. The van der Waals surface area contributed by atoms with Crippen LogP contribution in [0.5, 0.6) is 5.75 Å². The molecule has 3 N–H and O–H groups in total. The largest absolute Gasteiger partial charge is 0.493 e. The summed E-state index contributed by atoms with van der Waals surface area (Å²) in [6.07, 6.45) is 1.53. The Morgan fingerprint density at radius 1 is 1.22 bits per heavy atom. The van der Waals surface area contributed by atoms with Crippen LogP contribution in [-0.4, -0.2) is 54.9 Å². The van der Waals surface area contributed by atoms with Crippen molar-refractivity contribution in [2.45, 2.75) is 31.6 Å². The fourth-order valence-corrected chi connectivity index (χ4v) is 4.37. The Kier molecular flexibility index (Phi) is 8.79. The number of rotatable bonds is 10. The van der Waals surface area contributed by atoms with Crippen LogP contribution in [0.3, 0.4) is 0 Å². The molecule has 3 aromatic rings. The monoisotopic (exact) mass is 484 g/mol. The van der Waals surface area contributed by atoms with Crippen LogP contribution in [0, 0.1) is 0 Å². The van der Waals surface area contributed by atoms with Crippen LogP contribution in [-0.2, 0) is 23.5 Å². The maximum Gasteiger partial charge on any atom is 0.277 e. The van der Waals surface area contributed by atoms with Gasteiger partial charge in [0.2, 0.25) is 10.0 Å². The number of hydrogen-bond donors (Lipinski definition) is 3. The zero-order valence-electron chi connectivity index (χ0n) is 18.6. The van der Waals surface area contributed by atoms with E-state index in [9.17, 15) is 13.2 Å². The van der Waals surface area contributed by atoms with Crippen LogP contribution in [0.4, 0.5) is 0 Å². The summed E-state index contributed by atoms with van der Waals surface area (Å²) in [6, 6.07) is 4.51. The molecule has 0 aliphatic heterocycles. The molecule has 2 heterocycles. The lowest BCUT2D eigenvalue weighted by Gasteiger charge is -2.13. The van der Waals surface area contributed by atoms with Crippen molar-refractivity contribution in [3.05, 3.63) is 34.2 Å². The highest BCUT2D eigenvalue weighted by Crippen LogP contribution is 2.31. The van der Waals surface area contributed by atoms with Crippen LogP contribution >= 0.6 is 12.4 Å². The van der Waals surface area contributed by atoms with Crippen molar-refractivity contribution in [2.24, 2.45) is 7.05 Å². The summed E-state index contributed by atoms with van der Waals surface area (Å²) in [7, 11) is -0.297. The minimum atomic E-state index is -3.74. The third kappa shape index (κ3) is 5.29. The summed E-state index contributed by atoms with van der Waals surface area (Å²) in [4.78, 5) is 20.3. The summed E-state index contributed by atoms with van der Waals surface area (Å²) >= 11 is 0. The van der Waals surface area contributed by atoms with Crippen molar-refractivity contribution < 1.29 is 13.2 Å². The van der Waals surface area contributed by atoms with Gasteiger partial charge in [0.25, 0.3) is 5.56 Å². The number of fused-ring (bicyclic) bond motifs is 1. The minimum Gasteiger partial charge on any atom is -0.493 e. The Labute approximate surface area is 193 Å². The van der Waals surface area contributed by atoms with Crippen molar-refractivity contribution >= 4 is 33.5 Å². The smallest absolute Gasteiger partial charge is 0.277 e. The number of sulfonamides is 1. The standard InChI is InChI=1S/C20H28N6O4S.ClH/c1-5-7-15-17-18(26(4)25-15)20(27)24-19(23-17)14-12-13(8-9-16(14)30-6-2)31(28,29)22-11-10-21-3;/h8-9,12,21-22H,5-7,10-11H2,1-4H3,(H,23,24,27);1H. The second-order valence-corrected chi connectivity index (χ2v) is 8.79. The summed E-state index contributed by atoms with van der Waals surface area (Å²) < 4.78 is 35.1. The number of nitrogens with zero attached hydrogens (tertiary/aromatic N) is 3. The topological polar surface area (TPSA) is 131 Å². The number of aromatic amines is 1. The summed E-state index contributed by atoms with van der Waals surface area (Å²) in [5.74, 6) is 0.665. The number of ether oxygens (including phenoxy) is 1. The Bertz CT molecular complexity index is 1240. The first-order valence-electron chi connectivity index (χ1n) is 10.2. The van der Waals surface area contributed by atoms with Gasteiger partial charge in [-0.2, -0.15) is 5.10 Å². The molecule has 10 nitrogen and oxygen atoms in total. The van der Waals surface area contributed by atoms with Gasteiger partial charge in [0, 0.05) is 20.1 Å². The quantitative estimate of drug-likeness (QED) is 0.372. The van der Waals surface area contributed by atoms with Gasteiger partial charge in [-0.1, -0.05) is 13.3 Å². The molecule has 0 radical (unpaired) electrons.